The number of amides is 1. The summed E-state index contributed by atoms with van der Waals surface area (Å²) in [6.45, 7) is 0. The number of carbonyl (C=O) groups is 1. The van der Waals surface area contributed by atoms with Crippen LogP contribution in [0, 0.1) is 17.1 Å². The van der Waals surface area contributed by atoms with E-state index in [0.29, 0.717) is 0 Å². The Morgan fingerprint density at radius 3 is 2.57 bits per heavy atom. The SMILES string of the molecule is CN(C)C(=O)c1ccc(C#N)c(F)c1. The molecule has 0 heterocycles. The Morgan fingerprint density at radius 1 is 1.50 bits per heavy atom. The highest BCUT2D eigenvalue weighted by Gasteiger charge is 2.10. The van der Waals surface area contributed by atoms with Gasteiger partial charge in [-0.3, -0.25) is 4.79 Å². The summed E-state index contributed by atoms with van der Waals surface area (Å²) in [4.78, 5) is 12.7. The summed E-state index contributed by atoms with van der Waals surface area (Å²) in [5.74, 6) is -0.950. The van der Waals surface area contributed by atoms with Gasteiger partial charge in [0.2, 0.25) is 0 Å². The average molecular weight is 192 g/mol. The molecule has 0 atom stereocenters. The van der Waals surface area contributed by atoms with Crippen molar-refractivity contribution in [3.05, 3.63) is 35.1 Å². The fourth-order valence-electron chi connectivity index (χ4n) is 0.997. The number of nitrogens with zero attached hydrogens (tertiary/aromatic N) is 2. The van der Waals surface area contributed by atoms with Gasteiger partial charge in [0.25, 0.3) is 5.91 Å². The smallest absolute Gasteiger partial charge is 0.253 e. The number of benzene rings is 1. The van der Waals surface area contributed by atoms with Crippen molar-refractivity contribution in [1.29, 1.82) is 5.26 Å². The first-order valence-corrected chi connectivity index (χ1v) is 3.97. The van der Waals surface area contributed by atoms with E-state index >= 15 is 0 Å². The van der Waals surface area contributed by atoms with E-state index in [1.165, 1.54) is 17.0 Å². The highest BCUT2D eigenvalue weighted by molar-refractivity contribution is 5.93. The predicted octanol–water partition coefficient (Wildman–Crippen LogP) is 1.40. The molecule has 0 fully saturated rings. The maximum absolute atomic E-state index is 13.1. The molecule has 14 heavy (non-hydrogen) atoms. The summed E-state index contributed by atoms with van der Waals surface area (Å²) in [6, 6.07) is 5.49. The summed E-state index contributed by atoms with van der Waals surface area (Å²) in [5, 5.41) is 8.47. The van der Waals surface area contributed by atoms with Gasteiger partial charge in [0.15, 0.2) is 0 Å². The minimum absolute atomic E-state index is 0.0553. The van der Waals surface area contributed by atoms with E-state index in [2.05, 4.69) is 0 Å². The van der Waals surface area contributed by atoms with Crippen LogP contribution in [0.25, 0.3) is 0 Å². The van der Waals surface area contributed by atoms with Crippen molar-refractivity contribution in [1.82, 2.24) is 4.90 Å². The number of halogens is 1. The average Bonchev–Trinajstić information content (AvgIpc) is 2.16. The van der Waals surface area contributed by atoms with Crippen molar-refractivity contribution in [2.45, 2.75) is 0 Å². The van der Waals surface area contributed by atoms with Crippen LogP contribution in [0.2, 0.25) is 0 Å². The third-order valence-corrected chi connectivity index (χ3v) is 1.74. The molecular formula is C10H9FN2O. The Balaban J connectivity index is 3.11. The Labute approximate surface area is 81.4 Å². The van der Waals surface area contributed by atoms with Crippen LogP contribution in [0.4, 0.5) is 4.39 Å². The van der Waals surface area contributed by atoms with Crippen molar-refractivity contribution in [2.75, 3.05) is 14.1 Å². The number of hydrogen-bond acceptors (Lipinski definition) is 2. The van der Waals surface area contributed by atoms with E-state index in [0.717, 1.165) is 6.07 Å². The Kier molecular flexibility index (Phi) is 2.82. The van der Waals surface area contributed by atoms with Gasteiger partial charge in [0, 0.05) is 19.7 Å². The standard InChI is InChI=1S/C10H9FN2O/c1-13(2)10(14)7-3-4-8(6-12)9(11)5-7/h3-5H,1-2H3. The Morgan fingerprint density at radius 2 is 2.14 bits per heavy atom. The predicted molar refractivity (Wildman–Crippen MR) is 49.1 cm³/mol. The van der Waals surface area contributed by atoms with Gasteiger partial charge in [-0.05, 0) is 18.2 Å². The first kappa shape index (κ1) is 10.2. The quantitative estimate of drug-likeness (QED) is 0.675. The number of carbonyl (C=O) groups excluding carboxylic acids is 1. The second-order valence-electron chi connectivity index (χ2n) is 3.01. The molecule has 4 heteroatoms. The van der Waals surface area contributed by atoms with Gasteiger partial charge in [-0.1, -0.05) is 0 Å². The molecule has 0 N–H and O–H groups in total. The van der Waals surface area contributed by atoms with E-state index in [9.17, 15) is 9.18 Å². The fraction of sp³-hybridized carbons (Fsp3) is 0.200. The molecule has 0 spiro atoms. The second-order valence-corrected chi connectivity index (χ2v) is 3.01. The lowest BCUT2D eigenvalue weighted by molar-refractivity contribution is 0.0827. The van der Waals surface area contributed by atoms with Gasteiger partial charge in [0.1, 0.15) is 11.9 Å². The number of rotatable bonds is 1. The summed E-state index contributed by atoms with van der Waals surface area (Å²) in [6.07, 6.45) is 0. The van der Waals surface area contributed by atoms with E-state index in [1.807, 2.05) is 0 Å². The molecule has 1 amide bonds. The topological polar surface area (TPSA) is 44.1 Å². The zero-order valence-corrected chi connectivity index (χ0v) is 7.91. The van der Waals surface area contributed by atoms with Crippen LogP contribution in [0.5, 0.6) is 0 Å². The lowest BCUT2D eigenvalue weighted by Crippen LogP contribution is -2.21. The lowest BCUT2D eigenvalue weighted by atomic mass is 10.1. The van der Waals surface area contributed by atoms with Crippen LogP contribution >= 0.6 is 0 Å². The van der Waals surface area contributed by atoms with Crippen molar-refractivity contribution < 1.29 is 9.18 Å². The molecule has 0 radical (unpaired) electrons. The highest BCUT2D eigenvalue weighted by Crippen LogP contribution is 2.10. The first-order chi connectivity index (χ1) is 6.56. The Hall–Kier alpha value is -1.89. The van der Waals surface area contributed by atoms with Gasteiger partial charge < -0.3 is 4.90 Å². The maximum Gasteiger partial charge on any atom is 0.253 e. The van der Waals surface area contributed by atoms with Gasteiger partial charge in [-0.2, -0.15) is 5.26 Å². The summed E-state index contributed by atoms with van der Waals surface area (Å²) < 4.78 is 13.1. The zero-order valence-electron chi connectivity index (χ0n) is 7.91. The molecule has 0 aliphatic carbocycles. The molecule has 0 aliphatic heterocycles. The van der Waals surface area contributed by atoms with Crippen LogP contribution in [0.3, 0.4) is 0 Å². The monoisotopic (exact) mass is 192 g/mol. The van der Waals surface area contributed by atoms with Crippen LogP contribution in [0.15, 0.2) is 18.2 Å². The van der Waals surface area contributed by atoms with E-state index in [4.69, 9.17) is 5.26 Å². The van der Waals surface area contributed by atoms with Gasteiger partial charge in [-0.25, -0.2) is 4.39 Å². The van der Waals surface area contributed by atoms with Crippen molar-refractivity contribution in [2.24, 2.45) is 0 Å². The van der Waals surface area contributed by atoms with Gasteiger partial charge in [-0.15, -0.1) is 0 Å². The van der Waals surface area contributed by atoms with Crippen LogP contribution in [-0.4, -0.2) is 24.9 Å². The minimum Gasteiger partial charge on any atom is -0.345 e. The molecule has 0 saturated carbocycles. The van der Waals surface area contributed by atoms with E-state index < -0.39 is 5.82 Å². The second kappa shape index (κ2) is 3.88. The summed E-state index contributed by atoms with van der Waals surface area (Å²) in [5.41, 5.74) is 0.187. The van der Waals surface area contributed by atoms with Gasteiger partial charge >= 0.3 is 0 Å². The molecule has 3 nitrogen and oxygen atoms in total. The third-order valence-electron chi connectivity index (χ3n) is 1.74. The molecule has 1 rings (SSSR count). The molecule has 0 unspecified atom stereocenters. The van der Waals surface area contributed by atoms with E-state index in [-0.39, 0.29) is 17.0 Å². The normalized spacial score (nSPS) is 9.29. The molecule has 1 aromatic carbocycles. The van der Waals surface area contributed by atoms with E-state index in [1.54, 1.807) is 20.2 Å². The first-order valence-electron chi connectivity index (χ1n) is 3.97. The van der Waals surface area contributed by atoms with Crippen LogP contribution < -0.4 is 0 Å². The van der Waals surface area contributed by atoms with Crippen molar-refractivity contribution in [3.8, 4) is 6.07 Å². The molecule has 0 aromatic heterocycles. The number of hydrogen-bond donors (Lipinski definition) is 0. The molecule has 0 bridgehead atoms. The molecule has 0 aliphatic rings. The minimum atomic E-state index is -0.666. The zero-order chi connectivity index (χ0) is 10.7. The summed E-state index contributed by atoms with van der Waals surface area (Å²) in [7, 11) is 3.16. The highest BCUT2D eigenvalue weighted by atomic mass is 19.1. The van der Waals surface area contributed by atoms with Crippen LogP contribution in [-0.2, 0) is 0 Å². The largest absolute Gasteiger partial charge is 0.345 e. The van der Waals surface area contributed by atoms with Gasteiger partial charge in [0.05, 0.1) is 5.56 Å². The molecule has 1 aromatic rings. The molecular weight excluding hydrogens is 183 g/mol. The molecule has 72 valence electrons. The Bertz CT molecular complexity index is 407. The van der Waals surface area contributed by atoms with Crippen molar-refractivity contribution >= 4 is 5.91 Å². The number of nitriles is 1. The summed E-state index contributed by atoms with van der Waals surface area (Å²) >= 11 is 0. The maximum atomic E-state index is 13.1. The van der Waals surface area contributed by atoms with Crippen LogP contribution in [0.1, 0.15) is 15.9 Å². The fourth-order valence-corrected chi connectivity index (χ4v) is 0.997. The van der Waals surface area contributed by atoms with Crippen molar-refractivity contribution in [3.63, 3.8) is 0 Å². The lowest BCUT2D eigenvalue weighted by Gasteiger charge is -2.09. The third kappa shape index (κ3) is 1.88. The molecule has 0 saturated heterocycles.